The Labute approximate surface area is 146 Å². The molecule has 0 fully saturated rings. The van der Waals surface area contributed by atoms with Crippen molar-refractivity contribution in [2.45, 2.75) is 40.5 Å². The molecule has 0 saturated carbocycles. The van der Waals surface area contributed by atoms with Crippen LogP contribution in [0, 0.1) is 24.6 Å². The van der Waals surface area contributed by atoms with E-state index in [4.69, 9.17) is 4.74 Å². The van der Waals surface area contributed by atoms with Crippen molar-refractivity contribution in [3.8, 4) is 17.0 Å². The summed E-state index contributed by atoms with van der Waals surface area (Å²) in [5.74, 6) is 0.229. The van der Waals surface area contributed by atoms with Crippen LogP contribution in [-0.2, 0) is 0 Å². The Morgan fingerprint density at radius 1 is 1.12 bits per heavy atom. The molecule has 0 amide bonds. The fourth-order valence-electron chi connectivity index (χ4n) is 2.74. The molecule has 136 valence electrons. The van der Waals surface area contributed by atoms with Crippen molar-refractivity contribution < 1.29 is 17.9 Å². The zero-order chi connectivity index (χ0) is 18.6. The zero-order valence-electron chi connectivity index (χ0n) is 14.9. The van der Waals surface area contributed by atoms with E-state index in [1.54, 1.807) is 0 Å². The Hall–Kier alpha value is -2.11. The van der Waals surface area contributed by atoms with Crippen molar-refractivity contribution in [3.63, 3.8) is 0 Å². The summed E-state index contributed by atoms with van der Waals surface area (Å²) in [6.45, 7) is 8.06. The van der Waals surface area contributed by atoms with Gasteiger partial charge in [-0.2, -0.15) is 0 Å². The standard InChI is InChI=1S/C19H23F3N2O/c1-11(2)9-12(3)10-25-16-6-5-15(24-18(16)19(21)22)14-7-8-23-13(4)17(14)20/h5-8,11-12,19H,9-10H2,1-4H3. The molecule has 0 bridgehead atoms. The number of aromatic nitrogens is 2. The van der Waals surface area contributed by atoms with Crippen LogP contribution in [0.5, 0.6) is 5.75 Å². The third-order valence-electron chi connectivity index (χ3n) is 3.83. The summed E-state index contributed by atoms with van der Waals surface area (Å²) >= 11 is 0. The maximum Gasteiger partial charge on any atom is 0.284 e. The van der Waals surface area contributed by atoms with E-state index < -0.39 is 17.9 Å². The predicted molar refractivity (Wildman–Crippen MR) is 91.2 cm³/mol. The molecule has 1 atom stereocenters. The average Bonchev–Trinajstić information content (AvgIpc) is 2.54. The summed E-state index contributed by atoms with van der Waals surface area (Å²) in [4.78, 5) is 7.78. The van der Waals surface area contributed by atoms with Crippen LogP contribution in [0.25, 0.3) is 11.3 Å². The molecule has 0 aliphatic heterocycles. The van der Waals surface area contributed by atoms with Crippen molar-refractivity contribution in [3.05, 3.63) is 41.6 Å². The van der Waals surface area contributed by atoms with E-state index in [0.717, 1.165) is 6.42 Å². The van der Waals surface area contributed by atoms with E-state index in [9.17, 15) is 13.2 Å². The van der Waals surface area contributed by atoms with Crippen molar-refractivity contribution >= 4 is 0 Å². The molecule has 2 heterocycles. The molecule has 0 aromatic carbocycles. The topological polar surface area (TPSA) is 35.0 Å². The fourth-order valence-corrected chi connectivity index (χ4v) is 2.74. The van der Waals surface area contributed by atoms with Crippen LogP contribution in [0.1, 0.15) is 45.0 Å². The predicted octanol–water partition coefficient (Wildman–Crippen LogP) is 5.59. The van der Waals surface area contributed by atoms with E-state index in [1.165, 1.54) is 31.3 Å². The van der Waals surface area contributed by atoms with Gasteiger partial charge in [0, 0.05) is 11.8 Å². The van der Waals surface area contributed by atoms with Crippen LogP contribution in [-0.4, -0.2) is 16.6 Å². The number of nitrogens with zero attached hydrogens (tertiary/aromatic N) is 2. The molecule has 25 heavy (non-hydrogen) atoms. The molecule has 2 aromatic heterocycles. The van der Waals surface area contributed by atoms with Crippen LogP contribution in [0.3, 0.4) is 0 Å². The summed E-state index contributed by atoms with van der Waals surface area (Å²) in [5, 5.41) is 0. The number of halogens is 3. The maximum absolute atomic E-state index is 14.2. The molecule has 0 saturated heterocycles. The Kier molecular flexibility index (Phi) is 6.39. The molecule has 2 rings (SSSR count). The van der Waals surface area contributed by atoms with Gasteiger partial charge in [-0.05, 0) is 43.4 Å². The van der Waals surface area contributed by atoms with Crippen LogP contribution in [0.15, 0.2) is 24.4 Å². The second kappa shape index (κ2) is 8.32. The van der Waals surface area contributed by atoms with Gasteiger partial charge in [-0.1, -0.05) is 20.8 Å². The number of aryl methyl sites for hydroxylation is 1. The normalized spacial score (nSPS) is 12.7. The number of alkyl halides is 2. The summed E-state index contributed by atoms with van der Waals surface area (Å²) < 4.78 is 46.5. The summed E-state index contributed by atoms with van der Waals surface area (Å²) in [6, 6.07) is 4.35. The van der Waals surface area contributed by atoms with Crippen molar-refractivity contribution in [2.24, 2.45) is 11.8 Å². The Bertz CT molecular complexity index is 720. The van der Waals surface area contributed by atoms with E-state index in [0.29, 0.717) is 12.5 Å². The van der Waals surface area contributed by atoms with Crippen molar-refractivity contribution in [1.82, 2.24) is 9.97 Å². The van der Waals surface area contributed by atoms with Crippen molar-refractivity contribution in [1.29, 1.82) is 0 Å². The lowest BCUT2D eigenvalue weighted by Gasteiger charge is -2.17. The quantitative estimate of drug-likeness (QED) is 0.651. The van der Waals surface area contributed by atoms with Gasteiger partial charge >= 0.3 is 0 Å². The first-order valence-corrected chi connectivity index (χ1v) is 8.33. The Morgan fingerprint density at radius 2 is 1.84 bits per heavy atom. The molecular weight excluding hydrogens is 329 g/mol. The summed E-state index contributed by atoms with van der Waals surface area (Å²) in [6.07, 6.45) is -0.437. The maximum atomic E-state index is 14.2. The highest BCUT2D eigenvalue weighted by molar-refractivity contribution is 5.61. The fraction of sp³-hybridized carbons (Fsp3) is 0.474. The second-order valence-corrected chi connectivity index (χ2v) is 6.68. The van der Waals surface area contributed by atoms with Gasteiger partial charge < -0.3 is 4.74 Å². The van der Waals surface area contributed by atoms with Crippen LogP contribution in [0.4, 0.5) is 13.2 Å². The number of rotatable bonds is 7. The second-order valence-electron chi connectivity index (χ2n) is 6.68. The monoisotopic (exact) mass is 352 g/mol. The van der Waals surface area contributed by atoms with Gasteiger partial charge in [-0.25, -0.2) is 18.2 Å². The van der Waals surface area contributed by atoms with Gasteiger partial charge in [0.1, 0.15) is 11.4 Å². The third-order valence-corrected chi connectivity index (χ3v) is 3.83. The first-order valence-electron chi connectivity index (χ1n) is 8.33. The minimum absolute atomic E-state index is 0.0422. The number of hydrogen-bond donors (Lipinski definition) is 0. The molecule has 0 spiro atoms. The molecule has 0 aliphatic carbocycles. The average molecular weight is 352 g/mol. The van der Waals surface area contributed by atoms with E-state index in [1.807, 2.05) is 6.92 Å². The van der Waals surface area contributed by atoms with E-state index in [-0.39, 0.29) is 28.6 Å². The highest BCUT2D eigenvalue weighted by Crippen LogP contribution is 2.32. The highest BCUT2D eigenvalue weighted by atomic mass is 19.3. The molecule has 2 aromatic rings. The molecule has 6 heteroatoms. The van der Waals surface area contributed by atoms with E-state index in [2.05, 4.69) is 23.8 Å². The number of pyridine rings is 2. The van der Waals surface area contributed by atoms with Crippen molar-refractivity contribution in [2.75, 3.05) is 6.61 Å². The first kappa shape index (κ1) is 19.2. The lowest BCUT2D eigenvalue weighted by atomic mass is 10.00. The number of ether oxygens (including phenoxy) is 1. The lowest BCUT2D eigenvalue weighted by molar-refractivity contribution is 0.137. The molecular formula is C19H23F3N2O. The zero-order valence-corrected chi connectivity index (χ0v) is 14.9. The highest BCUT2D eigenvalue weighted by Gasteiger charge is 2.20. The van der Waals surface area contributed by atoms with Crippen LogP contribution < -0.4 is 4.74 Å². The molecule has 3 nitrogen and oxygen atoms in total. The largest absolute Gasteiger partial charge is 0.491 e. The minimum Gasteiger partial charge on any atom is -0.491 e. The van der Waals surface area contributed by atoms with Gasteiger partial charge in [0.25, 0.3) is 6.43 Å². The molecule has 0 radical (unpaired) electrons. The van der Waals surface area contributed by atoms with Crippen LogP contribution >= 0.6 is 0 Å². The SMILES string of the molecule is Cc1nccc(-c2ccc(OCC(C)CC(C)C)c(C(F)F)n2)c1F. The molecule has 1 unspecified atom stereocenters. The van der Waals surface area contributed by atoms with Crippen LogP contribution in [0.2, 0.25) is 0 Å². The lowest BCUT2D eigenvalue weighted by Crippen LogP contribution is -2.12. The molecule has 0 N–H and O–H groups in total. The molecule has 0 aliphatic rings. The summed E-state index contributed by atoms with van der Waals surface area (Å²) in [5.41, 5.74) is 0.0128. The summed E-state index contributed by atoms with van der Waals surface area (Å²) in [7, 11) is 0. The smallest absolute Gasteiger partial charge is 0.284 e. The van der Waals surface area contributed by atoms with Gasteiger partial charge in [-0.15, -0.1) is 0 Å². The first-order chi connectivity index (χ1) is 11.8. The Morgan fingerprint density at radius 3 is 2.48 bits per heavy atom. The Balaban J connectivity index is 2.27. The van der Waals surface area contributed by atoms with Gasteiger partial charge in [0.2, 0.25) is 0 Å². The van der Waals surface area contributed by atoms with Gasteiger partial charge in [-0.3, -0.25) is 4.98 Å². The minimum atomic E-state index is -2.80. The van der Waals surface area contributed by atoms with Gasteiger partial charge in [0.05, 0.1) is 18.0 Å². The third kappa shape index (κ3) is 4.94. The van der Waals surface area contributed by atoms with E-state index >= 15 is 0 Å². The number of hydrogen-bond acceptors (Lipinski definition) is 3. The van der Waals surface area contributed by atoms with Gasteiger partial charge in [0.15, 0.2) is 5.82 Å².